The van der Waals surface area contributed by atoms with E-state index in [0.717, 1.165) is 22.3 Å². The second-order valence-electron chi connectivity index (χ2n) is 6.22. The minimum atomic E-state index is -0.0850. The monoisotopic (exact) mass is 410 g/mol. The Hall–Kier alpha value is -2.30. The lowest BCUT2D eigenvalue weighted by atomic mass is 9.94. The molecule has 3 aromatic rings. The number of ether oxygens (including phenoxy) is 1. The van der Waals surface area contributed by atoms with Crippen LogP contribution in [0.1, 0.15) is 17.2 Å². The average molecular weight is 411 g/mol. The number of nitrogens with two attached hydrogens (primary N) is 1. The van der Waals surface area contributed by atoms with Gasteiger partial charge in [-0.2, -0.15) is 0 Å². The summed E-state index contributed by atoms with van der Waals surface area (Å²) in [7, 11) is 1.67. The molecule has 0 saturated heterocycles. The van der Waals surface area contributed by atoms with Crippen molar-refractivity contribution in [2.24, 2.45) is 5.73 Å². The first-order chi connectivity index (χ1) is 12.7. The number of nitrogens with one attached hydrogen (secondary N) is 1. The zero-order valence-corrected chi connectivity index (χ0v) is 16.3. The predicted octanol–water partition coefficient (Wildman–Crippen LogP) is 5.18. The van der Waals surface area contributed by atoms with E-state index in [9.17, 15) is 0 Å². The molecule has 0 spiro atoms. The summed E-state index contributed by atoms with van der Waals surface area (Å²) < 4.78 is 6.33. The van der Waals surface area contributed by atoms with Gasteiger partial charge in [0.15, 0.2) is 0 Å². The summed E-state index contributed by atoms with van der Waals surface area (Å²) >= 11 is 3.62. The van der Waals surface area contributed by atoms with E-state index in [0.29, 0.717) is 0 Å². The number of rotatable bonds is 7. The van der Waals surface area contributed by atoms with Gasteiger partial charge < -0.3 is 15.8 Å². The van der Waals surface area contributed by atoms with Crippen molar-refractivity contribution in [1.29, 1.82) is 0 Å². The van der Waals surface area contributed by atoms with Gasteiger partial charge in [0.05, 0.1) is 13.2 Å². The van der Waals surface area contributed by atoms with Crippen LogP contribution in [0.3, 0.4) is 0 Å². The fourth-order valence-electron chi connectivity index (χ4n) is 3.00. The quantitative estimate of drug-likeness (QED) is 0.563. The molecule has 0 bridgehead atoms. The maximum absolute atomic E-state index is 6.65. The highest BCUT2D eigenvalue weighted by Gasteiger charge is 2.21. The molecule has 0 radical (unpaired) electrons. The Balaban J connectivity index is 1.84. The number of benzene rings is 3. The molecule has 4 heteroatoms. The lowest BCUT2D eigenvalue weighted by Crippen LogP contribution is -2.35. The second-order valence-corrected chi connectivity index (χ2v) is 7.07. The van der Waals surface area contributed by atoms with Crippen molar-refractivity contribution < 1.29 is 4.74 Å². The fourth-order valence-corrected chi connectivity index (χ4v) is 3.45. The first-order valence-corrected chi connectivity index (χ1v) is 9.41. The van der Waals surface area contributed by atoms with Gasteiger partial charge in [0.25, 0.3) is 0 Å². The topological polar surface area (TPSA) is 47.3 Å². The number of hydrogen-bond donors (Lipinski definition) is 2. The molecule has 134 valence electrons. The molecule has 0 aliphatic rings. The minimum Gasteiger partial charge on any atom is -0.497 e. The maximum Gasteiger partial charge on any atom is 0.119 e. The number of halogens is 1. The summed E-state index contributed by atoms with van der Waals surface area (Å²) in [6.07, 6.45) is 0.768. The smallest absolute Gasteiger partial charge is 0.119 e. The third-order valence-corrected chi connectivity index (χ3v) is 5.19. The van der Waals surface area contributed by atoms with Crippen molar-refractivity contribution in [2.75, 3.05) is 12.4 Å². The van der Waals surface area contributed by atoms with E-state index in [1.54, 1.807) is 7.11 Å². The zero-order valence-electron chi connectivity index (χ0n) is 14.7. The van der Waals surface area contributed by atoms with E-state index in [2.05, 4.69) is 45.5 Å². The molecule has 3 nitrogen and oxygen atoms in total. The molecule has 0 fully saturated rings. The number of anilines is 1. The molecule has 0 saturated carbocycles. The SMILES string of the molecule is COc1ccc(N[C@H](c2ccccc2)[C@@H](N)Cc2ccccc2Br)cc1. The van der Waals surface area contributed by atoms with E-state index in [4.69, 9.17) is 10.5 Å². The van der Waals surface area contributed by atoms with Crippen molar-refractivity contribution in [3.8, 4) is 5.75 Å². The van der Waals surface area contributed by atoms with Crippen molar-refractivity contribution >= 4 is 21.6 Å². The molecule has 3 aromatic carbocycles. The highest BCUT2D eigenvalue weighted by atomic mass is 79.9. The van der Waals surface area contributed by atoms with Gasteiger partial charge in [-0.15, -0.1) is 0 Å². The summed E-state index contributed by atoms with van der Waals surface area (Å²) in [5.41, 5.74) is 10.0. The van der Waals surface area contributed by atoms with Gasteiger partial charge in [0.1, 0.15) is 5.75 Å². The molecule has 0 aliphatic heterocycles. The summed E-state index contributed by atoms with van der Waals surface area (Å²) in [5.74, 6) is 0.837. The van der Waals surface area contributed by atoms with Crippen LogP contribution in [0.4, 0.5) is 5.69 Å². The van der Waals surface area contributed by atoms with E-state index < -0.39 is 0 Å². The first-order valence-electron chi connectivity index (χ1n) is 8.62. The van der Waals surface area contributed by atoms with Gasteiger partial charge in [-0.1, -0.05) is 64.5 Å². The Morgan fingerprint density at radius 1 is 0.923 bits per heavy atom. The molecule has 0 amide bonds. The van der Waals surface area contributed by atoms with Gasteiger partial charge in [-0.3, -0.25) is 0 Å². The molecule has 0 unspecified atom stereocenters. The average Bonchev–Trinajstić information content (AvgIpc) is 2.69. The van der Waals surface area contributed by atoms with Gasteiger partial charge in [-0.05, 0) is 47.9 Å². The van der Waals surface area contributed by atoms with Gasteiger partial charge in [-0.25, -0.2) is 0 Å². The molecular weight excluding hydrogens is 388 g/mol. The van der Waals surface area contributed by atoms with Crippen LogP contribution in [-0.4, -0.2) is 13.2 Å². The van der Waals surface area contributed by atoms with E-state index in [-0.39, 0.29) is 12.1 Å². The van der Waals surface area contributed by atoms with Crippen molar-refractivity contribution in [2.45, 2.75) is 18.5 Å². The summed E-state index contributed by atoms with van der Waals surface area (Å²) in [6.45, 7) is 0. The molecule has 3 N–H and O–H groups in total. The first kappa shape index (κ1) is 18.5. The van der Waals surface area contributed by atoms with Crippen LogP contribution in [0.25, 0.3) is 0 Å². The van der Waals surface area contributed by atoms with Crippen LogP contribution in [0, 0.1) is 0 Å². The van der Waals surface area contributed by atoms with Crippen LogP contribution in [0.5, 0.6) is 5.75 Å². The third kappa shape index (κ3) is 4.65. The molecule has 2 atom stereocenters. The minimum absolute atomic E-state index is 0.00305. The van der Waals surface area contributed by atoms with Crippen molar-refractivity contribution in [1.82, 2.24) is 0 Å². The second kappa shape index (κ2) is 8.88. The molecule has 0 aromatic heterocycles. The van der Waals surface area contributed by atoms with Crippen LogP contribution < -0.4 is 15.8 Å². The largest absolute Gasteiger partial charge is 0.497 e. The molecule has 0 aliphatic carbocycles. The van der Waals surface area contributed by atoms with Crippen LogP contribution in [0.15, 0.2) is 83.3 Å². The number of methoxy groups -OCH3 is 1. The molecule has 0 heterocycles. The highest BCUT2D eigenvalue weighted by molar-refractivity contribution is 9.10. The lowest BCUT2D eigenvalue weighted by molar-refractivity contribution is 0.415. The van der Waals surface area contributed by atoms with Crippen LogP contribution >= 0.6 is 15.9 Å². The summed E-state index contributed by atoms with van der Waals surface area (Å²) in [4.78, 5) is 0. The van der Waals surface area contributed by atoms with Crippen molar-refractivity contribution in [3.63, 3.8) is 0 Å². The Kier molecular flexibility index (Phi) is 6.31. The third-order valence-electron chi connectivity index (χ3n) is 4.41. The Labute approximate surface area is 163 Å². The molecular formula is C22H23BrN2O. The van der Waals surface area contributed by atoms with E-state index in [1.807, 2.05) is 54.6 Å². The highest BCUT2D eigenvalue weighted by Crippen LogP contribution is 2.27. The Bertz CT molecular complexity index is 821. The summed E-state index contributed by atoms with van der Waals surface area (Å²) in [5, 5.41) is 3.59. The van der Waals surface area contributed by atoms with Crippen LogP contribution in [0.2, 0.25) is 0 Å². The number of hydrogen-bond acceptors (Lipinski definition) is 3. The standard InChI is InChI=1S/C22H23BrN2O/c1-26-19-13-11-18(12-14-19)25-22(16-7-3-2-4-8-16)21(24)15-17-9-5-6-10-20(17)23/h2-14,21-22,25H,15,24H2,1H3/t21-,22+/m0/s1. The van der Waals surface area contributed by atoms with Gasteiger partial charge in [0.2, 0.25) is 0 Å². The molecule has 26 heavy (non-hydrogen) atoms. The Morgan fingerprint density at radius 3 is 2.23 bits per heavy atom. The summed E-state index contributed by atoms with van der Waals surface area (Å²) in [6, 6.07) is 26.4. The Morgan fingerprint density at radius 2 is 1.58 bits per heavy atom. The predicted molar refractivity (Wildman–Crippen MR) is 112 cm³/mol. The lowest BCUT2D eigenvalue weighted by Gasteiger charge is -2.27. The van der Waals surface area contributed by atoms with E-state index >= 15 is 0 Å². The molecule has 3 rings (SSSR count). The zero-order chi connectivity index (χ0) is 18.4. The van der Waals surface area contributed by atoms with Gasteiger partial charge in [0, 0.05) is 16.2 Å². The maximum atomic E-state index is 6.65. The van der Waals surface area contributed by atoms with E-state index in [1.165, 1.54) is 11.1 Å². The normalized spacial score (nSPS) is 13.0. The van der Waals surface area contributed by atoms with Crippen molar-refractivity contribution in [3.05, 3.63) is 94.5 Å². The van der Waals surface area contributed by atoms with Gasteiger partial charge >= 0.3 is 0 Å². The van der Waals surface area contributed by atoms with Crippen LogP contribution in [-0.2, 0) is 6.42 Å². The fraction of sp³-hybridized carbons (Fsp3) is 0.182.